The SMILES string of the molecule is C=CCOc1c(Cl)cc(CN2CCC[C@H]2c2nc(C)no2)cc1Cl. The molecule has 1 atom stereocenters. The fraction of sp³-hybridized carbons (Fsp3) is 0.412. The van der Waals surface area contributed by atoms with Crippen molar-refractivity contribution >= 4 is 23.2 Å². The van der Waals surface area contributed by atoms with Crippen LogP contribution in [0.25, 0.3) is 0 Å². The van der Waals surface area contributed by atoms with Gasteiger partial charge >= 0.3 is 0 Å². The Morgan fingerprint density at radius 3 is 2.79 bits per heavy atom. The van der Waals surface area contributed by atoms with Crippen LogP contribution in [-0.4, -0.2) is 28.2 Å². The maximum Gasteiger partial charge on any atom is 0.243 e. The third-order valence-electron chi connectivity index (χ3n) is 3.98. The molecule has 3 rings (SSSR count). The lowest BCUT2D eigenvalue weighted by molar-refractivity contribution is 0.201. The van der Waals surface area contributed by atoms with E-state index in [1.807, 2.05) is 19.1 Å². The average molecular weight is 368 g/mol. The normalized spacial score (nSPS) is 18.0. The number of aryl methyl sites for hydroxylation is 1. The highest BCUT2D eigenvalue weighted by atomic mass is 35.5. The monoisotopic (exact) mass is 367 g/mol. The Bertz CT molecular complexity index is 709. The summed E-state index contributed by atoms with van der Waals surface area (Å²) in [6, 6.07) is 3.92. The number of benzene rings is 1. The highest BCUT2D eigenvalue weighted by molar-refractivity contribution is 6.37. The van der Waals surface area contributed by atoms with Crippen molar-refractivity contribution in [2.24, 2.45) is 0 Å². The minimum Gasteiger partial charge on any atom is -0.486 e. The number of likely N-dealkylation sites (tertiary alicyclic amines) is 1. The van der Waals surface area contributed by atoms with Crippen molar-refractivity contribution in [3.8, 4) is 5.75 Å². The second-order valence-electron chi connectivity index (χ2n) is 5.80. The van der Waals surface area contributed by atoms with E-state index in [2.05, 4.69) is 21.6 Å². The van der Waals surface area contributed by atoms with Crippen molar-refractivity contribution in [3.63, 3.8) is 0 Å². The molecule has 0 radical (unpaired) electrons. The number of hydrogen-bond donors (Lipinski definition) is 0. The first-order valence-corrected chi connectivity index (χ1v) is 8.60. The molecule has 1 saturated heterocycles. The van der Waals surface area contributed by atoms with Gasteiger partial charge in [0.2, 0.25) is 5.89 Å². The van der Waals surface area contributed by atoms with E-state index in [0.717, 1.165) is 24.9 Å². The van der Waals surface area contributed by atoms with Gasteiger partial charge in [-0.25, -0.2) is 0 Å². The van der Waals surface area contributed by atoms with Crippen molar-refractivity contribution in [3.05, 3.63) is 52.1 Å². The Morgan fingerprint density at radius 1 is 1.42 bits per heavy atom. The summed E-state index contributed by atoms with van der Waals surface area (Å²) in [5.74, 6) is 1.83. The van der Waals surface area contributed by atoms with Crippen LogP contribution in [0, 0.1) is 6.92 Å². The molecule has 1 aromatic heterocycles. The fourth-order valence-corrected chi connectivity index (χ4v) is 3.60. The molecule has 128 valence electrons. The van der Waals surface area contributed by atoms with Gasteiger partial charge in [0.1, 0.15) is 6.61 Å². The molecule has 5 nitrogen and oxygen atoms in total. The summed E-state index contributed by atoms with van der Waals surface area (Å²) in [4.78, 5) is 6.67. The molecule has 1 aromatic carbocycles. The number of aromatic nitrogens is 2. The highest BCUT2D eigenvalue weighted by Crippen LogP contribution is 2.37. The van der Waals surface area contributed by atoms with Crippen LogP contribution in [0.2, 0.25) is 10.0 Å². The maximum atomic E-state index is 6.31. The topological polar surface area (TPSA) is 51.4 Å². The first-order valence-electron chi connectivity index (χ1n) is 7.84. The molecular formula is C17H19Cl2N3O2. The molecule has 2 aromatic rings. The minimum absolute atomic E-state index is 0.139. The predicted octanol–water partition coefficient (Wildman–Crippen LogP) is 4.59. The van der Waals surface area contributed by atoms with E-state index in [0.29, 0.717) is 40.7 Å². The second kappa shape index (κ2) is 7.55. The highest BCUT2D eigenvalue weighted by Gasteiger charge is 2.30. The van der Waals surface area contributed by atoms with Gasteiger partial charge in [0.25, 0.3) is 0 Å². The molecular weight excluding hydrogens is 349 g/mol. The van der Waals surface area contributed by atoms with Crippen LogP contribution in [0.1, 0.15) is 36.2 Å². The summed E-state index contributed by atoms with van der Waals surface area (Å²) in [5, 5.41) is 4.90. The Hall–Kier alpha value is -1.56. The molecule has 1 fully saturated rings. The molecule has 0 saturated carbocycles. The van der Waals surface area contributed by atoms with Crippen LogP contribution in [0.4, 0.5) is 0 Å². The average Bonchev–Trinajstić information content (AvgIpc) is 3.15. The Kier molecular flexibility index (Phi) is 5.43. The Balaban J connectivity index is 1.76. The molecule has 7 heteroatoms. The van der Waals surface area contributed by atoms with Crippen LogP contribution in [0.5, 0.6) is 5.75 Å². The largest absolute Gasteiger partial charge is 0.486 e. The quantitative estimate of drug-likeness (QED) is 0.699. The van der Waals surface area contributed by atoms with Crippen molar-refractivity contribution in [1.29, 1.82) is 0 Å². The lowest BCUT2D eigenvalue weighted by Gasteiger charge is -2.22. The molecule has 0 N–H and O–H groups in total. The zero-order valence-electron chi connectivity index (χ0n) is 13.5. The lowest BCUT2D eigenvalue weighted by atomic mass is 10.1. The van der Waals surface area contributed by atoms with E-state index in [1.165, 1.54) is 0 Å². The minimum atomic E-state index is 0.139. The molecule has 24 heavy (non-hydrogen) atoms. The summed E-state index contributed by atoms with van der Waals surface area (Å²) in [6.45, 7) is 7.50. The summed E-state index contributed by atoms with van der Waals surface area (Å²) in [5.41, 5.74) is 1.03. The Labute approximate surface area is 151 Å². The molecule has 2 heterocycles. The third-order valence-corrected chi connectivity index (χ3v) is 4.54. The first-order chi connectivity index (χ1) is 11.6. The van der Waals surface area contributed by atoms with Crippen molar-refractivity contribution in [2.75, 3.05) is 13.2 Å². The van der Waals surface area contributed by atoms with Crippen LogP contribution >= 0.6 is 23.2 Å². The fourth-order valence-electron chi connectivity index (χ4n) is 2.96. The number of rotatable bonds is 6. The van der Waals surface area contributed by atoms with Gasteiger partial charge in [0.15, 0.2) is 11.6 Å². The van der Waals surface area contributed by atoms with Gasteiger partial charge < -0.3 is 9.26 Å². The van der Waals surface area contributed by atoms with Gasteiger partial charge in [-0.2, -0.15) is 4.98 Å². The molecule has 1 aliphatic rings. The number of hydrogen-bond acceptors (Lipinski definition) is 5. The molecule has 0 aliphatic carbocycles. The zero-order chi connectivity index (χ0) is 17.1. The van der Waals surface area contributed by atoms with E-state index < -0.39 is 0 Å². The van der Waals surface area contributed by atoms with Gasteiger partial charge in [-0.3, -0.25) is 4.90 Å². The standard InChI is InChI=1S/C17H19Cl2N3O2/c1-3-7-23-16-13(18)8-12(9-14(16)19)10-22-6-4-5-15(22)17-20-11(2)21-24-17/h3,8-9,15H,1,4-7,10H2,2H3/t15-/m0/s1. The maximum absolute atomic E-state index is 6.31. The van der Waals surface area contributed by atoms with Crippen LogP contribution < -0.4 is 4.74 Å². The van der Waals surface area contributed by atoms with Gasteiger partial charge in [-0.05, 0) is 44.0 Å². The number of ether oxygens (including phenoxy) is 1. The van der Waals surface area contributed by atoms with E-state index in [9.17, 15) is 0 Å². The number of halogens is 2. The third kappa shape index (κ3) is 3.74. The van der Waals surface area contributed by atoms with Gasteiger partial charge in [-0.15, -0.1) is 0 Å². The van der Waals surface area contributed by atoms with E-state index >= 15 is 0 Å². The van der Waals surface area contributed by atoms with Crippen LogP contribution in [0.15, 0.2) is 29.3 Å². The van der Waals surface area contributed by atoms with Crippen molar-refractivity contribution in [2.45, 2.75) is 32.4 Å². The van der Waals surface area contributed by atoms with Crippen LogP contribution in [0.3, 0.4) is 0 Å². The van der Waals surface area contributed by atoms with Gasteiger partial charge in [0, 0.05) is 6.54 Å². The zero-order valence-corrected chi connectivity index (χ0v) is 15.0. The predicted molar refractivity (Wildman–Crippen MR) is 93.6 cm³/mol. The molecule has 0 amide bonds. The summed E-state index contributed by atoms with van der Waals surface area (Å²) in [6.07, 6.45) is 3.75. The van der Waals surface area contributed by atoms with Gasteiger partial charge in [-0.1, -0.05) is 41.0 Å². The van der Waals surface area contributed by atoms with E-state index in [4.69, 9.17) is 32.5 Å². The molecule has 1 aliphatic heterocycles. The summed E-state index contributed by atoms with van der Waals surface area (Å²) < 4.78 is 10.8. The lowest BCUT2D eigenvalue weighted by Crippen LogP contribution is -2.23. The van der Waals surface area contributed by atoms with Crippen LogP contribution in [-0.2, 0) is 6.54 Å². The smallest absolute Gasteiger partial charge is 0.243 e. The summed E-state index contributed by atoms with van der Waals surface area (Å²) >= 11 is 12.6. The summed E-state index contributed by atoms with van der Waals surface area (Å²) in [7, 11) is 0. The van der Waals surface area contributed by atoms with E-state index in [-0.39, 0.29) is 6.04 Å². The van der Waals surface area contributed by atoms with Crippen molar-refractivity contribution < 1.29 is 9.26 Å². The Morgan fingerprint density at radius 2 is 2.17 bits per heavy atom. The first kappa shape index (κ1) is 17.3. The second-order valence-corrected chi connectivity index (χ2v) is 6.61. The van der Waals surface area contributed by atoms with Gasteiger partial charge in [0.05, 0.1) is 16.1 Å². The molecule has 0 unspecified atom stereocenters. The molecule has 0 spiro atoms. The van der Waals surface area contributed by atoms with Crippen molar-refractivity contribution in [1.82, 2.24) is 15.0 Å². The number of nitrogens with zero attached hydrogens (tertiary/aromatic N) is 3. The molecule has 0 bridgehead atoms. The van der Waals surface area contributed by atoms with E-state index in [1.54, 1.807) is 6.08 Å².